The van der Waals surface area contributed by atoms with Crippen LogP contribution in [0.25, 0.3) is 0 Å². The zero-order chi connectivity index (χ0) is 12.8. The molecule has 0 radical (unpaired) electrons. The van der Waals surface area contributed by atoms with E-state index in [2.05, 4.69) is 17.3 Å². The minimum absolute atomic E-state index is 0.0608. The summed E-state index contributed by atoms with van der Waals surface area (Å²) in [5, 5.41) is 15.8. The van der Waals surface area contributed by atoms with Gasteiger partial charge in [0, 0.05) is 18.3 Å². The van der Waals surface area contributed by atoms with Gasteiger partial charge in [-0.2, -0.15) is 5.10 Å². The molecule has 1 rings (SSSR count). The third kappa shape index (κ3) is 3.56. The van der Waals surface area contributed by atoms with E-state index in [4.69, 9.17) is 5.11 Å². The Labute approximate surface area is 102 Å². The van der Waals surface area contributed by atoms with Gasteiger partial charge in [0.05, 0.1) is 18.4 Å². The molecule has 0 aliphatic carbocycles. The number of rotatable bonds is 6. The molecule has 1 atom stereocenters. The van der Waals surface area contributed by atoms with Gasteiger partial charge in [-0.1, -0.05) is 13.3 Å². The van der Waals surface area contributed by atoms with Crippen LogP contribution in [-0.2, 0) is 6.54 Å². The number of carbonyl (C=O) groups is 1. The molecule has 5 heteroatoms. The molecule has 1 aromatic rings. The van der Waals surface area contributed by atoms with Crippen molar-refractivity contribution in [1.29, 1.82) is 0 Å². The highest BCUT2D eigenvalue weighted by Crippen LogP contribution is 2.08. The molecule has 0 fully saturated rings. The van der Waals surface area contributed by atoms with Gasteiger partial charge in [-0.05, 0) is 20.3 Å². The minimum atomic E-state index is -0.235. The Morgan fingerprint density at radius 3 is 2.94 bits per heavy atom. The molecule has 0 aliphatic rings. The van der Waals surface area contributed by atoms with Gasteiger partial charge in [0.15, 0.2) is 0 Å². The summed E-state index contributed by atoms with van der Waals surface area (Å²) in [6.07, 6.45) is 3.74. The number of amides is 1. The Morgan fingerprint density at radius 1 is 1.65 bits per heavy atom. The van der Waals surface area contributed by atoms with Crippen molar-refractivity contribution in [2.24, 2.45) is 0 Å². The van der Waals surface area contributed by atoms with Crippen molar-refractivity contribution >= 4 is 5.91 Å². The molecule has 0 saturated carbocycles. The monoisotopic (exact) mass is 239 g/mol. The van der Waals surface area contributed by atoms with E-state index in [1.54, 1.807) is 13.1 Å². The summed E-state index contributed by atoms with van der Waals surface area (Å²) >= 11 is 0. The molecule has 1 aromatic heterocycles. The summed E-state index contributed by atoms with van der Waals surface area (Å²) in [4.78, 5) is 11.8. The molecular formula is C12H21N3O2. The first-order chi connectivity index (χ1) is 8.10. The molecule has 5 nitrogen and oxygen atoms in total. The van der Waals surface area contributed by atoms with Gasteiger partial charge in [0.2, 0.25) is 0 Å². The van der Waals surface area contributed by atoms with Crippen LogP contribution in [0.15, 0.2) is 6.20 Å². The normalized spacial score (nSPS) is 12.5. The fraction of sp³-hybridized carbons (Fsp3) is 0.667. The number of unbranched alkanes of at least 4 members (excludes halogenated alkanes) is 1. The molecule has 0 spiro atoms. The van der Waals surface area contributed by atoms with E-state index < -0.39 is 0 Å². The van der Waals surface area contributed by atoms with Gasteiger partial charge >= 0.3 is 0 Å². The largest absolute Gasteiger partial charge is 0.394 e. The predicted molar refractivity (Wildman–Crippen MR) is 65.9 cm³/mol. The standard InChI is InChI=1S/C12H21N3O2/c1-4-5-6-15-10(3)11(7-13-15)12(17)14-9(2)8-16/h7,9,16H,4-6,8H2,1-3H3,(H,14,17). The van der Waals surface area contributed by atoms with Crippen LogP contribution in [0.4, 0.5) is 0 Å². The Kier molecular flexibility index (Phi) is 5.15. The highest BCUT2D eigenvalue weighted by Gasteiger charge is 2.15. The highest BCUT2D eigenvalue weighted by atomic mass is 16.3. The fourth-order valence-electron chi connectivity index (χ4n) is 1.55. The molecule has 0 aromatic carbocycles. The summed E-state index contributed by atoms with van der Waals surface area (Å²) in [6, 6.07) is -0.235. The molecule has 0 saturated heterocycles. The van der Waals surface area contributed by atoms with Gasteiger partial charge in [-0.3, -0.25) is 9.48 Å². The predicted octanol–water partition coefficient (Wildman–Crippen LogP) is 1.10. The Bertz CT molecular complexity index is 374. The van der Waals surface area contributed by atoms with E-state index in [-0.39, 0.29) is 18.6 Å². The second-order valence-corrected chi connectivity index (χ2v) is 4.28. The summed E-state index contributed by atoms with van der Waals surface area (Å²) in [5.41, 5.74) is 1.46. The third-order valence-electron chi connectivity index (χ3n) is 2.72. The molecule has 96 valence electrons. The summed E-state index contributed by atoms with van der Waals surface area (Å²) in [5.74, 6) is -0.174. The van der Waals surface area contributed by atoms with Crippen molar-refractivity contribution in [3.63, 3.8) is 0 Å². The number of aliphatic hydroxyl groups is 1. The Morgan fingerprint density at radius 2 is 2.35 bits per heavy atom. The van der Waals surface area contributed by atoms with Gasteiger partial charge < -0.3 is 10.4 Å². The lowest BCUT2D eigenvalue weighted by Crippen LogP contribution is -2.35. The van der Waals surface area contributed by atoms with E-state index in [1.807, 2.05) is 11.6 Å². The van der Waals surface area contributed by atoms with E-state index >= 15 is 0 Å². The van der Waals surface area contributed by atoms with Crippen LogP contribution in [-0.4, -0.2) is 33.4 Å². The molecule has 0 aliphatic heterocycles. The van der Waals surface area contributed by atoms with Crippen LogP contribution in [0.5, 0.6) is 0 Å². The maximum atomic E-state index is 11.8. The van der Waals surface area contributed by atoms with Crippen LogP contribution in [0.2, 0.25) is 0 Å². The summed E-state index contributed by atoms with van der Waals surface area (Å²) in [6.45, 7) is 6.55. The molecule has 2 N–H and O–H groups in total. The molecule has 0 bridgehead atoms. The number of nitrogens with zero attached hydrogens (tertiary/aromatic N) is 2. The van der Waals surface area contributed by atoms with Gasteiger partial charge in [0.1, 0.15) is 0 Å². The summed E-state index contributed by atoms with van der Waals surface area (Å²) < 4.78 is 1.85. The molecular weight excluding hydrogens is 218 g/mol. The van der Waals surface area contributed by atoms with Crippen molar-refractivity contribution in [1.82, 2.24) is 15.1 Å². The zero-order valence-electron chi connectivity index (χ0n) is 10.7. The van der Waals surface area contributed by atoms with Crippen LogP contribution >= 0.6 is 0 Å². The van der Waals surface area contributed by atoms with E-state index in [0.717, 1.165) is 25.1 Å². The van der Waals surface area contributed by atoms with Gasteiger partial charge in [-0.25, -0.2) is 0 Å². The Hall–Kier alpha value is -1.36. The first-order valence-electron chi connectivity index (χ1n) is 6.04. The van der Waals surface area contributed by atoms with Crippen molar-refractivity contribution in [2.75, 3.05) is 6.61 Å². The molecule has 1 heterocycles. The van der Waals surface area contributed by atoms with Crippen molar-refractivity contribution in [3.05, 3.63) is 17.5 Å². The third-order valence-corrected chi connectivity index (χ3v) is 2.72. The van der Waals surface area contributed by atoms with Crippen LogP contribution < -0.4 is 5.32 Å². The topological polar surface area (TPSA) is 67.2 Å². The van der Waals surface area contributed by atoms with Crippen LogP contribution in [0.1, 0.15) is 42.7 Å². The number of carbonyl (C=O) groups excluding carboxylic acids is 1. The number of aryl methyl sites for hydroxylation is 1. The second kappa shape index (κ2) is 6.39. The SMILES string of the molecule is CCCCn1ncc(C(=O)NC(C)CO)c1C. The van der Waals surface area contributed by atoms with Crippen molar-refractivity contribution < 1.29 is 9.90 Å². The number of hydrogen-bond donors (Lipinski definition) is 2. The quantitative estimate of drug-likeness (QED) is 0.781. The van der Waals surface area contributed by atoms with E-state index in [9.17, 15) is 4.79 Å². The zero-order valence-corrected chi connectivity index (χ0v) is 10.7. The maximum Gasteiger partial charge on any atom is 0.255 e. The molecule has 1 unspecified atom stereocenters. The first kappa shape index (κ1) is 13.7. The lowest BCUT2D eigenvalue weighted by Gasteiger charge is -2.10. The second-order valence-electron chi connectivity index (χ2n) is 4.28. The highest BCUT2D eigenvalue weighted by molar-refractivity contribution is 5.95. The number of aliphatic hydroxyl groups excluding tert-OH is 1. The smallest absolute Gasteiger partial charge is 0.255 e. The Balaban J connectivity index is 2.71. The maximum absolute atomic E-state index is 11.8. The average molecular weight is 239 g/mol. The number of nitrogens with one attached hydrogen (secondary N) is 1. The average Bonchev–Trinajstić information content (AvgIpc) is 2.67. The fourth-order valence-corrected chi connectivity index (χ4v) is 1.55. The molecule has 1 amide bonds. The lowest BCUT2D eigenvalue weighted by molar-refractivity contribution is 0.0921. The number of aromatic nitrogens is 2. The van der Waals surface area contributed by atoms with Crippen molar-refractivity contribution in [2.45, 2.75) is 46.2 Å². The van der Waals surface area contributed by atoms with E-state index in [1.165, 1.54) is 0 Å². The van der Waals surface area contributed by atoms with Gasteiger partial charge in [-0.15, -0.1) is 0 Å². The number of hydrogen-bond acceptors (Lipinski definition) is 3. The minimum Gasteiger partial charge on any atom is -0.394 e. The van der Waals surface area contributed by atoms with Gasteiger partial charge in [0.25, 0.3) is 5.91 Å². The first-order valence-corrected chi connectivity index (χ1v) is 6.04. The molecule has 17 heavy (non-hydrogen) atoms. The summed E-state index contributed by atoms with van der Waals surface area (Å²) in [7, 11) is 0. The van der Waals surface area contributed by atoms with E-state index in [0.29, 0.717) is 5.56 Å². The van der Waals surface area contributed by atoms with Crippen molar-refractivity contribution in [3.8, 4) is 0 Å². The lowest BCUT2D eigenvalue weighted by atomic mass is 10.2. The van der Waals surface area contributed by atoms with Crippen LogP contribution in [0.3, 0.4) is 0 Å². The van der Waals surface area contributed by atoms with Crippen LogP contribution in [0, 0.1) is 6.92 Å².